The van der Waals surface area contributed by atoms with Crippen LogP contribution in [0, 0.1) is 5.92 Å². The Balaban J connectivity index is 0.00000392. The molecule has 0 unspecified atom stereocenters. The summed E-state index contributed by atoms with van der Waals surface area (Å²) in [5.74, 6) is 3.19. The van der Waals surface area contributed by atoms with E-state index in [-0.39, 0.29) is 24.0 Å². The standard InChI is InChI=1S/C20H34N4O3.HI/c1-14(2)13-24-9-7-8-16(24)12-22-20(21-3)23-15-10-17(25-4)19(27-6)18(11-15)26-5;/h10-11,14,16H,7-9,12-13H2,1-6H3,(H2,21,22,23);1H/t16-;/m1./s1. The first-order chi connectivity index (χ1) is 13.0. The number of hydrogen-bond acceptors (Lipinski definition) is 5. The number of hydrogen-bond donors (Lipinski definition) is 2. The Bertz CT molecular complexity index is 615. The van der Waals surface area contributed by atoms with Crippen molar-refractivity contribution in [2.24, 2.45) is 10.9 Å². The number of methoxy groups -OCH3 is 3. The Morgan fingerprint density at radius 1 is 1.18 bits per heavy atom. The van der Waals surface area contributed by atoms with Crippen molar-refractivity contribution in [2.75, 3.05) is 53.3 Å². The zero-order chi connectivity index (χ0) is 19.8. The minimum absolute atomic E-state index is 0. The molecule has 1 aliphatic rings. The summed E-state index contributed by atoms with van der Waals surface area (Å²) < 4.78 is 16.2. The Morgan fingerprint density at radius 3 is 2.32 bits per heavy atom. The quantitative estimate of drug-likeness (QED) is 0.320. The Labute approximate surface area is 186 Å². The highest BCUT2D eigenvalue weighted by atomic mass is 127. The number of likely N-dealkylation sites (tertiary alicyclic amines) is 1. The molecule has 1 aromatic rings. The summed E-state index contributed by atoms with van der Waals surface area (Å²) in [6.07, 6.45) is 2.48. The lowest BCUT2D eigenvalue weighted by Crippen LogP contribution is -2.43. The number of halogens is 1. The molecule has 1 saturated heterocycles. The molecule has 1 heterocycles. The van der Waals surface area contributed by atoms with Crippen LogP contribution in [0.2, 0.25) is 0 Å². The van der Waals surface area contributed by atoms with Gasteiger partial charge in [0.25, 0.3) is 0 Å². The SMILES string of the molecule is CN=C(NC[C@H]1CCCN1CC(C)C)Nc1cc(OC)c(OC)c(OC)c1.I. The van der Waals surface area contributed by atoms with Gasteiger partial charge in [0, 0.05) is 44.0 Å². The molecule has 0 spiro atoms. The molecule has 2 N–H and O–H groups in total. The van der Waals surface area contributed by atoms with Gasteiger partial charge in [0.15, 0.2) is 17.5 Å². The Hall–Kier alpha value is -1.42. The first-order valence-corrected chi connectivity index (χ1v) is 9.54. The second-order valence-electron chi connectivity index (χ2n) is 7.18. The predicted octanol–water partition coefficient (Wildman–Crippen LogP) is 3.44. The fraction of sp³-hybridized carbons (Fsp3) is 0.650. The van der Waals surface area contributed by atoms with Crippen LogP contribution in [0.4, 0.5) is 5.69 Å². The van der Waals surface area contributed by atoms with Crippen LogP contribution in [-0.2, 0) is 0 Å². The molecule has 0 amide bonds. The normalized spacial score (nSPS) is 17.2. The largest absolute Gasteiger partial charge is 0.493 e. The molecule has 28 heavy (non-hydrogen) atoms. The average Bonchev–Trinajstić information content (AvgIpc) is 3.10. The predicted molar refractivity (Wildman–Crippen MR) is 126 cm³/mol. The summed E-state index contributed by atoms with van der Waals surface area (Å²) in [7, 11) is 6.58. The minimum atomic E-state index is 0. The van der Waals surface area contributed by atoms with E-state index < -0.39 is 0 Å². The van der Waals surface area contributed by atoms with Gasteiger partial charge in [0.05, 0.1) is 21.3 Å². The molecule has 1 aliphatic heterocycles. The van der Waals surface area contributed by atoms with Gasteiger partial charge in [-0.1, -0.05) is 13.8 Å². The van der Waals surface area contributed by atoms with Crippen molar-refractivity contribution in [1.82, 2.24) is 10.2 Å². The zero-order valence-corrected chi connectivity index (χ0v) is 20.2. The first kappa shape index (κ1) is 24.6. The van der Waals surface area contributed by atoms with Gasteiger partial charge in [-0.25, -0.2) is 0 Å². The van der Waals surface area contributed by atoms with Gasteiger partial charge < -0.3 is 24.8 Å². The summed E-state index contributed by atoms with van der Waals surface area (Å²) in [6.45, 7) is 7.74. The summed E-state index contributed by atoms with van der Waals surface area (Å²) >= 11 is 0. The number of nitrogens with one attached hydrogen (secondary N) is 2. The molecule has 0 aromatic heterocycles. The van der Waals surface area contributed by atoms with Crippen molar-refractivity contribution in [3.8, 4) is 17.2 Å². The van der Waals surface area contributed by atoms with Crippen LogP contribution >= 0.6 is 24.0 Å². The van der Waals surface area contributed by atoms with E-state index in [1.807, 2.05) is 12.1 Å². The number of nitrogens with zero attached hydrogens (tertiary/aromatic N) is 2. The van der Waals surface area contributed by atoms with Crippen molar-refractivity contribution in [3.05, 3.63) is 12.1 Å². The van der Waals surface area contributed by atoms with E-state index >= 15 is 0 Å². The maximum absolute atomic E-state index is 5.41. The monoisotopic (exact) mass is 506 g/mol. The molecule has 7 nitrogen and oxygen atoms in total. The topological polar surface area (TPSA) is 67.4 Å². The van der Waals surface area contributed by atoms with Crippen molar-refractivity contribution in [2.45, 2.75) is 32.7 Å². The highest BCUT2D eigenvalue weighted by molar-refractivity contribution is 14.0. The van der Waals surface area contributed by atoms with Crippen LogP contribution in [0.3, 0.4) is 0 Å². The molecular weight excluding hydrogens is 471 g/mol. The van der Waals surface area contributed by atoms with Crippen LogP contribution in [0.25, 0.3) is 0 Å². The minimum Gasteiger partial charge on any atom is -0.493 e. The van der Waals surface area contributed by atoms with E-state index in [0.29, 0.717) is 29.2 Å². The van der Waals surface area contributed by atoms with Gasteiger partial charge in [-0.3, -0.25) is 9.89 Å². The van der Waals surface area contributed by atoms with Gasteiger partial charge in [-0.05, 0) is 25.3 Å². The third-order valence-electron chi connectivity index (χ3n) is 4.75. The molecule has 160 valence electrons. The molecule has 1 aromatic carbocycles. The highest BCUT2D eigenvalue weighted by Gasteiger charge is 2.25. The van der Waals surface area contributed by atoms with E-state index in [9.17, 15) is 0 Å². The molecule has 8 heteroatoms. The van der Waals surface area contributed by atoms with E-state index in [4.69, 9.17) is 14.2 Å². The van der Waals surface area contributed by atoms with Crippen LogP contribution in [0.5, 0.6) is 17.2 Å². The number of anilines is 1. The lowest BCUT2D eigenvalue weighted by atomic mass is 10.1. The molecule has 1 atom stereocenters. The summed E-state index contributed by atoms with van der Waals surface area (Å²) in [5.41, 5.74) is 0.822. The van der Waals surface area contributed by atoms with Crippen LogP contribution in [0.15, 0.2) is 17.1 Å². The third kappa shape index (κ3) is 6.58. The summed E-state index contributed by atoms with van der Waals surface area (Å²) in [5, 5.41) is 6.76. The average molecular weight is 506 g/mol. The number of ether oxygens (including phenoxy) is 3. The van der Waals surface area contributed by atoms with Crippen LogP contribution in [-0.4, -0.2) is 64.9 Å². The van der Waals surface area contributed by atoms with Gasteiger partial charge >= 0.3 is 0 Å². The molecule has 1 fully saturated rings. The van der Waals surface area contributed by atoms with Crippen molar-refractivity contribution in [1.29, 1.82) is 0 Å². The third-order valence-corrected chi connectivity index (χ3v) is 4.75. The van der Waals surface area contributed by atoms with Crippen molar-refractivity contribution < 1.29 is 14.2 Å². The lowest BCUT2D eigenvalue weighted by molar-refractivity contribution is 0.227. The summed E-state index contributed by atoms with van der Waals surface area (Å²) in [4.78, 5) is 6.92. The number of guanidine groups is 1. The number of aliphatic imine (C=N–C) groups is 1. The lowest BCUT2D eigenvalue weighted by Gasteiger charge is -2.27. The number of rotatable bonds is 8. The number of benzene rings is 1. The Kier molecular flexibility index (Phi) is 10.7. The van der Waals surface area contributed by atoms with Crippen molar-refractivity contribution in [3.63, 3.8) is 0 Å². The second kappa shape index (κ2) is 12.2. The maximum Gasteiger partial charge on any atom is 0.203 e. The van der Waals surface area contributed by atoms with E-state index in [2.05, 4.69) is 34.4 Å². The highest BCUT2D eigenvalue weighted by Crippen LogP contribution is 2.39. The maximum atomic E-state index is 5.41. The molecule has 2 rings (SSSR count). The smallest absolute Gasteiger partial charge is 0.203 e. The molecule has 0 radical (unpaired) electrons. The van der Waals surface area contributed by atoms with Crippen molar-refractivity contribution >= 4 is 35.6 Å². The van der Waals surface area contributed by atoms with Gasteiger partial charge in [-0.2, -0.15) is 0 Å². The van der Waals surface area contributed by atoms with E-state index in [1.54, 1.807) is 28.4 Å². The van der Waals surface area contributed by atoms with Gasteiger partial charge in [-0.15, -0.1) is 24.0 Å². The van der Waals surface area contributed by atoms with Crippen LogP contribution < -0.4 is 24.8 Å². The van der Waals surface area contributed by atoms with E-state index in [1.165, 1.54) is 19.4 Å². The van der Waals surface area contributed by atoms with Crippen LogP contribution in [0.1, 0.15) is 26.7 Å². The van der Waals surface area contributed by atoms with E-state index in [0.717, 1.165) is 24.7 Å². The molecule has 0 saturated carbocycles. The van der Waals surface area contributed by atoms with Gasteiger partial charge in [0.1, 0.15) is 0 Å². The zero-order valence-electron chi connectivity index (χ0n) is 17.9. The molecule has 0 aliphatic carbocycles. The fourth-order valence-corrected chi connectivity index (χ4v) is 3.52. The summed E-state index contributed by atoms with van der Waals surface area (Å²) in [6, 6.07) is 4.29. The fourth-order valence-electron chi connectivity index (χ4n) is 3.52. The Morgan fingerprint density at radius 2 is 1.82 bits per heavy atom. The molecule has 0 bridgehead atoms. The first-order valence-electron chi connectivity index (χ1n) is 9.54. The van der Waals surface area contributed by atoms with Gasteiger partial charge in [0.2, 0.25) is 5.75 Å². The second-order valence-corrected chi connectivity index (χ2v) is 7.18. The molecular formula is C20H35IN4O3.